The number of fused-ring (bicyclic) bond motifs is 1. The highest BCUT2D eigenvalue weighted by molar-refractivity contribution is 6.07. The number of hydrogen-bond donors (Lipinski definition) is 2. The molecule has 1 radical (unpaired) electrons. The van der Waals surface area contributed by atoms with Crippen molar-refractivity contribution in [2.45, 2.75) is 19.8 Å². The van der Waals surface area contributed by atoms with Gasteiger partial charge in [-0.15, -0.1) is 0 Å². The molecule has 2 heterocycles. The van der Waals surface area contributed by atoms with E-state index in [-0.39, 0.29) is 17.8 Å². The van der Waals surface area contributed by atoms with Gasteiger partial charge in [0.15, 0.2) is 0 Å². The summed E-state index contributed by atoms with van der Waals surface area (Å²) in [6, 6.07) is 5.29. The lowest BCUT2D eigenvalue weighted by Gasteiger charge is -2.21. The third-order valence-electron chi connectivity index (χ3n) is 3.32. The standard InChI is InChI=1S/C13H13N4O2/c1-2-7-6-11(18)16-17-12(7)8-3-4-9-10(5-8)15-13(19)14-9/h3-5,7H,2,6H2,1H3,(H,15,19)(H,16,18). The largest absolute Gasteiger partial charge is 0.479 e. The first-order valence-corrected chi connectivity index (χ1v) is 6.17. The average Bonchev–Trinajstić information content (AvgIpc) is 2.77. The maximum absolute atomic E-state index is 11.4. The summed E-state index contributed by atoms with van der Waals surface area (Å²) in [5.41, 5.74) is 5.54. The number of carbonyl (C=O) groups is 1. The van der Waals surface area contributed by atoms with Crippen LogP contribution in [0.5, 0.6) is 0 Å². The first kappa shape index (κ1) is 11.7. The van der Waals surface area contributed by atoms with Crippen molar-refractivity contribution in [3.05, 3.63) is 23.8 Å². The fraction of sp³-hybridized carbons (Fsp3) is 0.308. The van der Waals surface area contributed by atoms with E-state index < -0.39 is 0 Å². The molecule has 0 aromatic heterocycles. The monoisotopic (exact) mass is 257 g/mol. The number of hydrogen-bond acceptors (Lipinski definition) is 3. The number of carbonyl (C=O) groups excluding carboxylic acids is 1. The molecular formula is C13H13N4O2. The van der Waals surface area contributed by atoms with Crippen molar-refractivity contribution in [3.8, 4) is 0 Å². The Morgan fingerprint density at radius 1 is 1.42 bits per heavy atom. The number of amides is 1. The molecule has 0 aliphatic carbocycles. The molecule has 6 heteroatoms. The number of aliphatic hydroxyl groups excluding tert-OH is 1. The first-order valence-electron chi connectivity index (χ1n) is 6.17. The van der Waals surface area contributed by atoms with Crippen LogP contribution in [-0.2, 0) is 4.79 Å². The van der Waals surface area contributed by atoms with Crippen LogP contribution in [0.2, 0.25) is 0 Å². The van der Waals surface area contributed by atoms with Crippen LogP contribution in [0.3, 0.4) is 0 Å². The number of hydrazone groups is 1. The number of benzene rings is 1. The van der Waals surface area contributed by atoms with Gasteiger partial charge in [-0.3, -0.25) is 4.79 Å². The molecule has 97 valence electrons. The minimum Gasteiger partial charge on any atom is -0.479 e. The Morgan fingerprint density at radius 3 is 3.05 bits per heavy atom. The van der Waals surface area contributed by atoms with Gasteiger partial charge >= 0.3 is 6.02 Å². The Balaban J connectivity index is 1.98. The van der Waals surface area contributed by atoms with Gasteiger partial charge in [-0.05, 0) is 18.6 Å². The molecule has 1 amide bonds. The van der Waals surface area contributed by atoms with Crippen molar-refractivity contribution < 1.29 is 9.90 Å². The Morgan fingerprint density at radius 2 is 2.26 bits per heavy atom. The van der Waals surface area contributed by atoms with Gasteiger partial charge in [0.2, 0.25) is 5.91 Å². The highest BCUT2D eigenvalue weighted by atomic mass is 16.3. The van der Waals surface area contributed by atoms with Gasteiger partial charge in [-0.25, -0.2) is 5.43 Å². The lowest BCUT2D eigenvalue weighted by atomic mass is 9.90. The third-order valence-corrected chi connectivity index (χ3v) is 3.32. The quantitative estimate of drug-likeness (QED) is 0.845. The van der Waals surface area contributed by atoms with Crippen LogP contribution in [0.1, 0.15) is 25.3 Å². The highest BCUT2D eigenvalue weighted by Crippen LogP contribution is 2.32. The normalized spacial score (nSPS) is 21.1. The molecule has 19 heavy (non-hydrogen) atoms. The summed E-state index contributed by atoms with van der Waals surface area (Å²) >= 11 is 0. The van der Waals surface area contributed by atoms with Crippen molar-refractivity contribution in [1.29, 1.82) is 0 Å². The number of rotatable bonds is 2. The van der Waals surface area contributed by atoms with Crippen molar-refractivity contribution in [2.24, 2.45) is 16.0 Å². The van der Waals surface area contributed by atoms with Crippen LogP contribution in [0.4, 0.5) is 11.4 Å². The van der Waals surface area contributed by atoms with Crippen LogP contribution >= 0.6 is 0 Å². The number of nitrogens with one attached hydrogen (secondary N) is 1. The van der Waals surface area contributed by atoms with E-state index >= 15 is 0 Å². The van der Waals surface area contributed by atoms with E-state index in [1.54, 1.807) is 6.07 Å². The summed E-state index contributed by atoms with van der Waals surface area (Å²) in [6.07, 6.45) is 1.30. The van der Waals surface area contributed by atoms with Gasteiger partial charge in [0.25, 0.3) is 0 Å². The van der Waals surface area contributed by atoms with Gasteiger partial charge in [0.1, 0.15) is 0 Å². The van der Waals surface area contributed by atoms with Crippen LogP contribution in [0.25, 0.3) is 0 Å². The van der Waals surface area contributed by atoms with E-state index in [9.17, 15) is 9.90 Å². The van der Waals surface area contributed by atoms with Gasteiger partial charge in [-0.2, -0.15) is 15.4 Å². The molecule has 2 aliphatic heterocycles. The average molecular weight is 257 g/mol. The zero-order valence-electron chi connectivity index (χ0n) is 10.4. The Hall–Kier alpha value is -2.37. The third kappa shape index (κ3) is 2.05. The lowest BCUT2D eigenvalue weighted by Crippen LogP contribution is -2.33. The second-order valence-corrected chi connectivity index (χ2v) is 4.57. The predicted octanol–water partition coefficient (Wildman–Crippen LogP) is 1.73. The number of aliphatic imine (C=N–C) groups is 1. The molecule has 1 unspecified atom stereocenters. The minimum absolute atomic E-state index is 0.0533. The molecular weight excluding hydrogens is 244 g/mol. The van der Waals surface area contributed by atoms with E-state index in [0.29, 0.717) is 17.8 Å². The molecule has 1 aromatic rings. The molecule has 2 aliphatic rings. The Bertz CT molecular complexity index is 607. The van der Waals surface area contributed by atoms with Gasteiger partial charge in [-0.1, -0.05) is 13.0 Å². The lowest BCUT2D eigenvalue weighted by molar-refractivity contribution is -0.122. The van der Waals surface area contributed by atoms with Crippen molar-refractivity contribution in [2.75, 3.05) is 0 Å². The zero-order chi connectivity index (χ0) is 13.4. The summed E-state index contributed by atoms with van der Waals surface area (Å²) in [6.45, 7) is 2.03. The number of amidine groups is 1. The smallest absolute Gasteiger partial charge is 0.315 e. The summed E-state index contributed by atoms with van der Waals surface area (Å²) in [5, 5.41) is 17.3. The summed E-state index contributed by atoms with van der Waals surface area (Å²) in [4.78, 5) is 15.3. The van der Waals surface area contributed by atoms with Gasteiger partial charge < -0.3 is 5.11 Å². The molecule has 0 spiro atoms. The SMILES string of the molecule is CCC1CC(=O)NN=C1c1ccc2c(c1)N=C(O)[N]2. The molecule has 0 fully saturated rings. The van der Waals surface area contributed by atoms with Crippen LogP contribution in [0.15, 0.2) is 28.3 Å². The topological polar surface area (TPSA) is 88.2 Å². The van der Waals surface area contributed by atoms with Crippen molar-refractivity contribution >= 4 is 29.0 Å². The molecule has 6 nitrogen and oxygen atoms in total. The first-order chi connectivity index (χ1) is 9.17. The molecule has 0 saturated heterocycles. The van der Waals surface area contributed by atoms with Gasteiger partial charge in [0, 0.05) is 17.9 Å². The molecule has 0 saturated carbocycles. The summed E-state index contributed by atoms with van der Waals surface area (Å²) < 4.78 is 0. The molecule has 3 rings (SSSR count). The predicted molar refractivity (Wildman–Crippen MR) is 71.0 cm³/mol. The fourth-order valence-corrected chi connectivity index (χ4v) is 2.33. The van der Waals surface area contributed by atoms with E-state index in [4.69, 9.17) is 0 Å². The highest BCUT2D eigenvalue weighted by Gasteiger charge is 2.25. The van der Waals surface area contributed by atoms with Crippen LogP contribution in [-0.4, -0.2) is 22.7 Å². The minimum atomic E-state index is -0.224. The Labute approximate surface area is 110 Å². The maximum atomic E-state index is 11.4. The van der Waals surface area contributed by atoms with E-state index in [1.165, 1.54) is 0 Å². The fourth-order valence-electron chi connectivity index (χ4n) is 2.33. The molecule has 0 bridgehead atoms. The van der Waals surface area contributed by atoms with Crippen LogP contribution in [0, 0.1) is 5.92 Å². The number of nitrogens with zero attached hydrogens (tertiary/aromatic N) is 3. The van der Waals surface area contributed by atoms with Crippen molar-refractivity contribution in [3.63, 3.8) is 0 Å². The molecule has 1 atom stereocenters. The summed E-state index contributed by atoms with van der Waals surface area (Å²) in [7, 11) is 0. The number of aliphatic hydroxyl groups is 1. The summed E-state index contributed by atoms with van der Waals surface area (Å²) in [5.74, 6) is 0.0603. The second-order valence-electron chi connectivity index (χ2n) is 4.57. The van der Waals surface area contributed by atoms with E-state index in [2.05, 4.69) is 20.8 Å². The van der Waals surface area contributed by atoms with Crippen molar-refractivity contribution in [1.82, 2.24) is 10.7 Å². The second kappa shape index (κ2) is 4.38. The zero-order valence-corrected chi connectivity index (χ0v) is 10.4. The maximum Gasteiger partial charge on any atom is 0.315 e. The van der Waals surface area contributed by atoms with Crippen LogP contribution < -0.4 is 10.7 Å². The molecule has 2 N–H and O–H groups in total. The van der Waals surface area contributed by atoms with Gasteiger partial charge in [0.05, 0.1) is 17.1 Å². The Kier molecular flexibility index (Phi) is 2.70. The van der Waals surface area contributed by atoms with E-state index in [1.807, 2.05) is 19.1 Å². The molecule has 1 aromatic carbocycles. The van der Waals surface area contributed by atoms with E-state index in [0.717, 1.165) is 17.7 Å².